The van der Waals surface area contributed by atoms with Crippen LogP contribution < -0.4 is 0 Å². The third kappa shape index (κ3) is 3.94. The first-order valence-electron chi connectivity index (χ1n) is 8.21. The van der Waals surface area contributed by atoms with Crippen molar-refractivity contribution >= 4 is 11.8 Å². The third-order valence-corrected chi connectivity index (χ3v) is 5.18. The van der Waals surface area contributed by atoms with Crippen LogP contribution in [0.15, 0.2) is 53.7 Å². The van der Waals surface area contributed by atoms with Gasteiger partial charge >= 0.3 is 0 Å². The number of aromatic nitrogens is 3. The molecule has 136 valence electrons. The number of thioether (sulfide) groups is 1. The maximum atomic E-state index is 13.9. The van der Waals surface area contributed by atoms with Crippen LogP contribution in [0.1, 0.15) is 24.4 Å². The molecule has 0 bridgehead atoms. The summed E-state index contributed by atoms with van der Waals surface area (Å²) in [5, 5.41) is 9.27. The minimum atomic E-state index is -0.301. The molecule has 0 saturated carbocycles. The Bertz CT molecular complexity index is 878. The fourth-order valence-electron chi connectivity index (χ4n) is 2.47. The number of rotatable bonds is 6. The Morgan fingerprint density at radius 1 is 1.04 bits per heavy atom. The molecule has 26 heavy (non-hydrogen) atoms. The van der Waals surface area contributed by atoms with Crippen LogP contribution in [0.5, 0.6) is 0 Å². The number of hydrogen-bond donors (Lipinski definition) is 0. The van der Waals surface area contributed by atoms with E-state index in [1.165, 1.54) is 30.0 Å². The van der Waals surface area contributed by atoms with Gasteiger partial charge in [0.2, 0.25) is 0 Å². The van der Waals surface area contributed by atoms with Crippen LogP contribution in [0.4, 0.5) is 8.78 Å². The number of nitrogens with zero attached hydrogens (tertiary/aromatic N) is 4. The van der Waals surface area contributed by atoms with E-state index >= 15 is 0 Å². The van der Waals surface area contributed by atoms with Crippen molar-refractivity contribution in [3.05, 3.63) is 71.6 Å². The fourth-order valence-corrected chi connectivity index (χ4v) is 3.41. The summed E-state index contributed by atoms with van der Waals surface area (Å²) in [5.41, 5.74) is 1.38. The van der Waals surface area contributed by atoms with Crippen LogP contribution in [-0.4, -0.2) is 33.8 Å². The lowest BCUT2D eigenvalue weighted by molar-refractivity contribution is 0.305. The van der Waals surface area contributed by atoms with Gasteiger partial charge in [-0.3, -0.25) is 9.47 Å². The van der Waals surface area contributed by atoms with Gasteiger partial charge in [-0.1, -0.05) is 30.0 Å². The van der Waals surface area contributed by atoms with Gasteiger partial charge in [-0.05, 0) is 56.9 Å². The number of halogens is 2. The van der Waals surface area contributed by atoms with E-state index < -0.39 is 0 Å². The first kappa shape index (κ1) is 18.5. The number of hydrogen-bond acceptors (Lipinski definition) is 4. The molecule has 0 N–H and O–H groups in total. The van der Waals surface area contributed by atoms with E-state index in [1.54, 1.807) is 24.3 Å². The molecule has 1 atom stereocenters. The average molecular weight is 374 g/mol. The van der Waals surface area contributed by atoms with Crippen molar-refractivity contribution in [2.45, 2.75) is 23.9 Å². The normalized spacial score (nSPS) is 12.5. The molecule has 2 aromatic carbocycles. The zero-order valence-electron chi connectivity index (χ0n) is 14.9. The zero-order chi connectivity index (χ0) is 18.7. The lowest BCUT2D eigenvalue weighted by Gasteiger charge is -2.20. The molecular weight excluding hydrogens is 354 g/mol. The topological polar surface area (TPSA) is 34.0 Å². The maximum Gasteiger partial charge on any atom is 0.196 e. The summed E-state index contributed by atoms with van der Waals surface area (Å²) in [4.78, 5) is 2.02. The van der Waals surface area contributed by atoms with Crippen LogP contribution in [0.2, 0.25) is 0 Å². The van der Waals surface area contributed by atoms with Gasteiger partial charge < -0.3 is 0 Å². The smallest absolute Gasteiger partial charge is 0.196 e. The molecule has 1 unspecified atom stereocenters. The predicted molar refractivity (Wildman–Crippen MR) is 99.4 cm³/mol. The van der Waals surface area contributed by atoms with E-state index in [4.69, 9.17) is 0 Å². The van der Waals surface area contributed by atoms with Crippen LogP contribution in [-0.2, 0) is 5.75 Å². The second-order valence-electron chi connectivity index (χ2n) is 6.17. The Morgan fingerprint density at radius 3 is 2.38 bits per heavy atom. The van der Waals surface area contributed by atoms with Crippen molar-refractivity contribution in [2.24, 2.45) is 0 Å². The molecule has 4 nitrogen and oxygen atoms in total. The Kier molecular flexibility index (Phi) is 5.68. The van der Waals surface area contributed by atoms with E-state index in [0.29, 0.717) is 16.5 Å². The van der Waals surface area contributed by atoms with Crippen molar-refractivity contribution in [3.63, 3.8) is 0 Å². The minimum Gasteiger partial charge on any atom is -0.300 e. The highest BCUT2D eigenvalue weighted by Crippen LogP contribution is 2.29. The summed E-state index contributed by atoms with van der Waals surface area (Å²) in [5.74, 6) is 0.638. The molecule has 1 heterocycles. The van der Waals surface area contributed by atoms with Gasteiger partial charge in [-0.15, -0.1) is 10.2 Å². The Morgan fingerprint density at radius 2 is 1.73 bits per heavy atom. The van der Waals surface area contributed by atoms with E-state index in [1.807, 2.05) is 36.6 Å². The standard InChI is InChI=1S/C19H20F2N4S/c1-13(24(2)3)18-22-23-19(25(18)16-10-8-15(20)9-11-16)26-12-14-6-4-5-7-17(14)21/h4-11,13H,12H2,1-3H3. The van der Waals surface area contributed by atoms with Gasteiger partial charge in [-0.2, -0.15) is 0 Å². The lowest BCUT2D eigenvalue weighted by atomic mass is 10.2. The molecule has 1 aromatic heterocycles. The molecule has 0 aliphatic carbocycles. The van der Waals surface area contributed by atoms with E-state index in [-0.39, 0.29) is 17.7 Å². The average Bonchev–Trinajstić information content (AvgIpc) is 3.04. The molecule has 0 saturated heterocycles. The third-order valence-electron chi connectivity index (χ3n) is 4.21. The van der Waals surface area contributed by atoms with Gasteiger partial charge in [0, 0.05) is 11.4 Å². The minimum absolute atomic E-state index is 0.00960. The molecule has 7 heteroatoms. The van der Waals surface area contributed by atoms with Crippen molar-refractivity contribution in [2.75, 3.05) is 14.1 Å². The highest BCUT2D eigenvalue weighted by atomic mass is 32.2. The second-order valence-corrected chi connectivity index (χ2v) is 7.11. The van der Waals surface area contributed by atoms with Crippen LogP contribution in [0.25, 0.3) is 5.69 Å². The Hall–Kier alpha value is -2.25. The Balaban J connectivity index is 1.97. The van der Waals surface area contributed by atoms with E-state index in [9.17, 15) is 8.78 Å². The second kappa shape index (κ2) is 7.97. The first-order valence-corrected chi connectivity index (χ1v) is 9.20. The van der Waals surface area contributed by atoms with E-state index in [2.05, 4.69) is 10.2 Å². The molecule has 0 aliphatic rings. The van der Waals surface area contributed by atoms with Gasteiger partial charge in [0.05, 0.1) is 6.04 Å². The molecule has 3 aromatic rings. The lowest BCUT2D eigenvalue weighted by Crippen LogP contribution is -2.20. The van der Waals surface area contributed by atoms with Crippen LogP contribution in [0.3, 0.4) is 0 Å². The quantitative estimate of drug-likeness (QED) is 0.597. The Labute approximate surface area is 155 Å². The summed E-state index contributed by atoms with van der Waals surface area (Å²) in [6.07, 6.45) is 0. The van der Waals surface area contributed by atoms with Crippen molar-refractivity contribution in [1.82, 2.24) is 19.7 Å². The molecule has 0 fully saturated rings. The highest BCUT2D eigenvalue weighted by molar-refractivity contribution is 7.98. The zero-order valence-corrected chi connectivity index (χ0v) is 15.7. The largest absolute Gasteiger partial charge is 0.300 e. The SMILES string of the molecule is CC(c1nnc(SCc2ccccc2F)n1-c1ccc(F)cc1)N(C)C. The monoisotopic (exact) mass is 374 g/mol. The maximum absolute atomic E-state index is 13.9. The molecule has 0 spiro atoms. The number of benzene rings is 2. The fraction of sp³-hybridized carbons (Fsp3) is 0.263. The molecule has 0 amide bonds. The van der Waals surface area contributed by atoms with Gasteiger partial charge in [0.15, 0.2) is 11.0 Å². The molecular formula is C19H20F2N4S. The molecule has 0 radical (unpaired) electrons. The molecule has 0 aliphatic heterocycles. The van der Waals surface area contributed by atoms with Crippen molar-refractivity contribution < 1.29 is 8.78 Å². The van der Waals surface area contributed by atoms with Crippen molar-refractivity contribution in [3.8, 4) is 5.69 Å². The summed E-state index contributed by atoms with van der Waals surface area (Å²) in [7, 11) is 3.92. The summed E-state index contributed by atoms with van der Waals surface area (Å²) >= 11 is 1.40. The highest BCUT2D eigenvalue weighted by Gasteiger charge is 2.21. The van der Waals surface area contributed by atoms with Crippen LogP contribution in [0, 0.1) is 11.6 Å². The van der Waals surface area contributed by atoms with Gasteiger partial charge in [0.1, 0.15) is 11.6 Å². The van der Waals surface area contributed by atoms with Gasteiger partial charge in [-0.25, -0.2) is 8.78 Å². The van der Waals surface area contributed by atoms with Gasteiger partial charge in [0.25, 0.3) is 0 Å². The summed E-state index contributed by atoms with van der Waals surface area (Å²) < 4.78 is 29.1. The summed E-state index contributed by atoms with van der Waals surface area (Å²) in [6, 6.07) is 12.9. The van der Waals surface area contributed by atoms with Crippen molar-refractivity contribution in [1.29, 1.82) is 0 Å². The molecule has 3 rings (SSSR count). The predicted octanol–water partition coefficient (Wildman–Crippen LogP) is 4.46. The summed E-state index contributed by atoms with van der Waals surface area (Å²) in [6.45, 7) is 2.02. The van der Waals surface area contributed by atoms with E-state index in [0.717, 1.165) is 11.5 Å². The van der Waals surface area contributed by atoms with Crippen LogP contribution >= 0.6 is 11.8 Å². The first-order chi connectivity index (χ1) is 12.5.